The van der Waals surface area contributed by atoms with E-state index in [2.05, 4.69) is 48.5 Å². The summed E-state index contributed by atoms with van der Waals surface area (Å²) in [6, 6.07) is 0. The molecule has 0 fully saturated rings. The van der Waals surface area contributed by atoms with Crippen LogP contribution >= 0.6 is 0 Å². The summed E-state index contributed by atoms with van der Waals surface area (Å²) in [6.45, 7) is 16.3. The van der Waals surface area contributed by atoms with Crippen LogP contribution in [0.3, 0.4) is 0 Å². The Labute approximate surface area is 91.9 Å². The van der Waals surface area contributed by atoms with Gasteiger partial charge in [0.25, 0.3) is 0 Å². The Balaban J connectivity index is 3.37. The quantitative estimate of drug-likeness (QED) is 0.536. The minimum atomic E-state index is 0.319. The van der Waals surface area contributed by atoms with Crippen molar-refractivity contribution >= 4 is 10.2 Å². The first kappa shape index (κ1) is 11.8. The fourth-order valence-electron chi connectivity index (χ4n) is 3.09. The van der Waals surface area contributed by atoms with Gasteiger partial charge in [-0.1, -0.05) is 38.8 Å². The highest BCUT2D eigenvalue weighted by atomic mass is 28.1. The Hall–Kier alpha value is -0.303. The lowest BCUT2D eigenvalue weighted by Crippen LogP contribution is -2.21. The van der Waals surface area contributed by atoms with E-state index in [1.54, 1.807) is 16.7 Å². The lowest BCUT2D eigenvalue weighted by molar-refractivity contribution is 0.463. The molecule has 0 amide bonds. The third-order valence-corrected chi connectivity index (χ3v) is 5.06. The Morgan fingerprint density at radius 1 is 1.00 bits per heavy atom. The molecule has 1 unspecified atom stereocenters. The van der Waals surface area contributed by atoms with Crippen molar-refractivity contribution in [1.82, 2.24) is 0 Å². The zero-order chi connectivity index (χ0) is 11.3. The Kier molecular flexibility index (Phi) is 2.60. The zero-order valence-corrected chi connectivity index (χ0v) is 13.0. The minimum absolute atomic E-state index is 0.319. The highest BCUT2D eigenvalue weighted by Crippen LogP contribution is 2.56. The monoisotopic (exact) mass is 208 g/mol. The van der Waals surface area contributed by atoms with Crippen molar-refractivity contribution in [2.45, 2.75) is 53.5 Å². The third-order valence-electron chi connectivity index (χ3n) is 3.81. The summed E-state index contributed by atoms with van der Waals surface area (Å²) in [5.41, 5.74) is 6.68. The molecule has 80 valence electrons. The maximum Gasteiger partial charge on any atom is 0.0206 e. The molecule has 0 saturated heterocycles. The topological polar surface area (TPSA) is 0 Å². The molecule has 0 aromatic carbocycles. The molecule has 0 aliphatic heterocycles. The van der Waals surface area contributed by atoms with Crippen molar-refractivity contribution in [2.75, 3.05) is 0 Å². The van der Waals surface area contributed by atoms with Crippen molar-refractivity contribution in [3.8, 4) is 0 Å². The molecule has 0 bridgehead atoms. The molecule has 0 aromatic heterocycles. The van der Waals surface area contributed by atoms with Crippen molar-refractivity contribution in [3.63, 3.8) is 0 Å². The summed E-state index contributed by atoms with van der Waals surface area (Å²) in [7, 11) is 1.22. The van der Waals surface area contributed by atoms with Gasteiger partial charge in [-0.15, -0.1) is 0 Å². The summed E-state index contributed by atoms with van der Waals surface area (Å²) in [6.07, 6.45) is 0. The summed E-state index contributed by atoms with van der Waals surface area (Å²) in [4.78, 5) is 0. The molecule has 0 heterocycles. The fourth-order valence-corrected chi connectivity index (χ4v) is 4.59. The van der Waals surface area contributed by atoms with Gasteiger partial charge in [-0.3, -0.25) is 0 Å². The first-order chi connectivity index (χ1) is 6.10. The van der Waals surface area contributed by atoms with E-state index < -0.39 is 0 Å². The standard InChI is InChI=1S/C13H24Si/c1-8-9(2)11(12(4,5)6)13(7,14)10(8)3/h1-7,14H3. The molecule has 0 nitrogen and oxygen atoms in total. The predicted molar refractivity (Wildman–Crippen MR) is 68.8 cm³/mol. The maximum atomic E-state index is 2.41. The van der Waals surface area contributed by atoms with Crippen LogP contribution in [0.2, 0.25) is 5.04 Å². The van der Waals surface area contributed by atoms with Crippen LogP contribution in [-0.4, -0.2) is 10.2 Å². The summed E-state index contributed by atoms with van der Waals surface area (Å²) < 4.78 is 0. The van der Waals surface area contributed by atoms with Gasteiger partial charge in [-0.25, -0.2) is 0 Å². The molecular weight excluding hydrogens is 184 g/mol. The van der Waals surface area contributed by atoms with E-state index in [1.165, 1.54) is 15.8 Å². The van der Waals surface area contributed by atoms with E-state index in [-0.39, 0.29) is 0 Å². The molecule has 0 radical (unpaired) electrons. The van der Waals surface area contributed by atoms with Gasteiger partial charge in [0, 0.05) is 10.2 Å². The van der Waals surface area contributed by atoms with E-state index in [9.17, 15) is 0 Å². The predicted octanol–water partition coefficient (Wildman–Crippen LogP) is 3.24. The van der Waals surface area contributed by atoms with Crippen LogP contribution in [0.1, 0.15) is 48.5 Å². The van der Waals surface area contributed by atoms with Gasteiger partial charge >= 0.3 is 0 Å². The van der Waals surface area contributed by atoms with Crippen LogP contribution in [0, 0.1) is 5.41 Å². The van der Waals surface area contributed by atoms with Crippen LogP contribution in [0.5, 0.6) is 0 Å². The third kappa shape index (κ3) is 1.52. The lowest BCUT2D eigenvalue weighted by Gasteiger charge is -2.35. The molecule has 1 heteroatoms. The Morgan fingerprint density at radius 3 is 1.57 bits per heavy atom. The minimum Gasteiger partial charge on any atom is -0.0639 e. The summed E-state index contributed by atoms with van der Waals surface area (Å²) >= 11 is 0. The molecule has 14 heavy (non-hydrogen) atoms. The summed E-state index contributed by atoms with van der Waals surface area (Å²) in [5.74, 6) is 0. The van der Waals surface area contributed by atoms with Gasteiger partial charge in [0.2, 0.25) is 0 Å². The van der Waals surface area contributed by atoms with Crippen molar-refractivity contribution in [2.24, 2.45) is 5.41 Å². The van der Waals surface area contributed by atoms with Gasteiger partial charge in [0.15, 0.2) is 0 Å². The number of hydrogen-bond donors (Lipinski definition) is 0. The molecule has 1 aliphatic carbocycles. The first-order valence-electron chi connectivity index (χ1n) is 5.50. The van der Waals surface area contributed by atoms with E-state index in [0.29, 0.717) is 10.5 Å². The van der Waals surface area contributed by atoms with Crippen molar-refractivity contribution in [3.05, 3.63) is 22.3 Å². The molecule has 1 rings (SSSR count). The van der Waals surface area contributed by atoms with Gasteiger partial charge < -0.3 is 0 Å². The van der Waals surface area contributed by atoms with Crippen LogP contribution < -0.4 is 0 Å². The van der Waals surface area contributed by atoms with E-state index in [4.69, 9.17) is 0 Å². The molecule has 0 saturated carbocycles. The average Bonchev–Trinajstić information content (AvgIpc) is 2.10. The van der Waals surface area contributed by atoms with Crippen molar-refractivity contribution < 1.29 is 0 Å². The highest BCUT2D eigenvalue weighted by molar-refractivity contribution is 6.20. The largest absolute Gasteiger partial charge is 0.0639 e. The van der Waals surface area contributed by atoms with Crippen LogP contribution in [-0.2, 0) is 0 Å². The van der Waals surface area contributed by atoms with E-state index in [0.717, 1.165) is 0 Å². The second kappa shape index (κ2) is 3.09. The Bertz CT molecular complexity index is 322. The summed E-state index contributed by atoms with van der Waals surface area (Å²) in [5, 5.41) is 0.395. The second-order valence-corrected chi connectivity index (χ2v) is 8.12. The Morgan fingerprint density at radius 2 is 1.43 bits per heavy atom. The number of rotatable bonds is 0. The zero-order valence-electron chi connectivity index (χ0n) is 11.0. The molecule has 1 atom stereocenters. The van der Waals surface area contributed by atoms with Gasteiger partial charge in [0.05, 0.1) is 0 Å². The smallest absolute Gasteiger partial charge is 0.0206 e. The lowest BCUT2D eigenvalue weighted by atomic mass is 9.77. The van der Waals surface area contributed by atoms with Crippen LogP contribution in [0.4, 0.5) is 0 Å². The molecule has 0 aromatic rings. The average molecular weight is 208 g/mol. The van der Waals surface area contributed by atoms with Crippen LogP contribution in [0.15, 0.2) is 22.3 Å². The molecule has 0 N–H and O–H groups in total. The first-order valence-corrected chi connectivity index (χ1v) is 6.50. The molecule has 0 spiro atoms. The fraction of sp³-hybridized carbons (Fsp3) is 0.692. The maximum absolute atomic E-state index is 2.41. The van der Waals surface area contributed by atoms with Gasteiger partial charge in [0.1, 0.15) is 0 Å². The normalized spacial score (nSPS) is 29.4. The number of allylic oxidation sites excluding steroid dienone is 4. The van der Waals surface area contributed by atoms with Crippen LogP contribution in [0.25, 0.3) is 0 Å². The molecular formula is C13H24Si. The van der Waals surface area contributed by atoms with Crippen molar-refractivity contribution in [1.29, 1.82) is 0 Å². The van der Waals surface area contributed by atoms with E-state index >= 15 is 0 Å². The van der Waals surface area contributed by atoms with Gasteiger partial charge in [-0.05, 0) is 42.4 Å². The highest BCUT2D eigenvalue weighted by Gasteiger charge is 2.39. The SMILES string of the molecule is CC1=C(C)C(C)([SiH3])C(C(C)(C)C)=C1C. The molecule has 1 aliphatic rings. The van der Waals surface area contributed by atoms with E-state index in [1.807, 2.05) is 0 Å². The second-order valence-electron chi connectivity index (χ2n) is 6.12. The van der Waals surface area contributed by atoms with Gasteiger partial charge in [-0.2, -0.15) is 0 Å². The number of hydrogen-bond acceptors (Lipinski definition) is 0.